The van der Waals surface area contributed by atoms with Crippen LogP contribution in [0.1, 0.15) is 42.9 Å². The van der Waals surface area contributed by atoms with Crippen molar-refractivity contribution in [3.63, 3.8) is 0 Å². The number of carbonyl (C=O) groups is 3. The van der Waals surface area contributed by atoms with Crippen molar-refractivity contribution in [2.45, 2.75) is 13.8 Å². The summed E-state index contributed by atoms with van der Waals surface area (Å²) in [6, 6.07) is 11.2. The van der Waals surface area contributed by atoms with E-state index in [1.807, 2.05) is 0 Å². The highest BCUT2D eigenvalue weighted by molar-refractivity contribution is 7.19. The molecule has 0 spiro atoms. The Kier molecular flexibility index (Phi) is 7.97. The molecule has 3 aromatic rings. The van der Waals surface area contributed by atoms with E-state index in [9.17, 15) is 14.4 Å². The van der Waals surface area contributed by atoms with Gasteiger partial charge in [-0.1, -0.05) is 29.3 Å². The number of amides is 2. The maximum atomic E-state index is 13.0. The van der Waals surface area contributed by atoms with E-state index in [1.54, 1.807) is 50.2 Å². The van der Waals surface area contributed by atoms with Crippen LogP contribution in [0.15, 0.2) is 42.5 Å². The molecular weight excluding hydrogens is 487 g/mol. The molecule has 1 heterocycles. The Labute approximate surface area is 204 Å². The van der Waals surface area contributed by atoms with E-state index in [0.29, 0.717) is 32.6 Å². The summed E-state index contributed by atoms with van der Waals surface area (Å²) in [4.78, 5) is 38.7. The Hall–Kier alpha value is -3.07. The summed E-state index contributed by atoms with van der Waals surface area (Å²) in [7, 11) is 1.50. The fourth-order valence-electron chi connectivity index (χ4n) is 2.98. The number of halogens is 2. The van der Waals surface area contributed by atoms with E-state index >= 15 is 0 Å². The van der Waals surface area contributed by atoms with Gasteiger partial charge in [-0.25, -0.2) is 4.79 Å². The highest BCUT2D eigenvalue weighted by Crippen LogP contribution is 2.35. The number of thiophene rings is 1. The zero-order chi connectivity index (χ0) is 24.1. The van der Waals surface area contributed by atoms with Crippen molar-refractivity contribution in [1.29, 1.82) is 0 Å². The molecule has 1 aromatic heterocycles. The minimum absolute atomic E-state index is 0.112. The van der Waals surface area contributed by atoms with Gasteiger partial charge in [0.1, 0.15) is 10.8 Å². The predicted octanol–water partition coefficient (Wildman–Crippen LogP) is 6.05. The number of hydrogen-bond donors (Lipinski definition) is 2. The van der Waals surface area contributed by atoms with Crippen LogP contribution < -0.4 is 15.4 Å². The molecule has 0 aliphatic heterocycles. The number of ether oxygens (including phenoxy) is 2. The van der Waals surface area contributed by atoms with Gasteiger partial charge in [-0.05, 0) is 55.8 Å². The number of methoxy groups -OCH3 is 1. The highest BCUT2D eigenvalue weighted by atomic mass is 35.5. The lowest BCUT2D eigenvalue weighted by Gasteiger charge is -2.08. The summed E-state index contributed by atoms with van der Waals surface area (Å²) >= 11 is 13.1. The monoisotopic (exact) mass is 506 g/mol. The molecule has 0 saturated carbocycles. The molecule has 0 unspecified atom stereocenters. The molecule has 2 N–H and O–H groups in total. The lowest BCUT2D eigenvalue weighted by Crippen LogP contribution is -2.15. The standard InChI is InChI=1S/C23H20Cl2N2O5S/c1-4-32-23(30)18-12(2)19(21(29)26-17-11-14(24)8-9-16(17)25)33-22(18)27-20(28)13-6-5-7-15(10-13)31-3/h5-11H,4H2,1-3H3,(H,26,29)(H,27,28). The average Bonchev–Trinajstić information content (AvgIpc) is 3.12. The first kappa shape index (κ1) is 24.6. The van der Waals surface area contributed by atoms with Crippen LogP contribution in [-0.4, -0.2) is 31.5 Å². The van der Waals surface area contributed by atoms with Crippen molar-refractivity contribution in [3.05, 3.63) is 74.1 Å². The fraction of sp³-hybridized carbons (Fsp3) is 0.174. The van der Waals surface area contributed by atoms with Gasteiger partial charge in [0.2, 0.25) is 0 Å². The molecule has 10 heteroatoms. The number of carbonyl (C=O) groups excluding carboxylic acids is 3. The van der Waals surface area contributed by atoms with Gasteiger partial charge in [0.25, 0.3) is 11.8 Å². The molecule has 0 fully saturated rings. The number of esters is 1. The molecule has 0 aliphatic carbocycles. The van der Waals surface area contributed by atoms with Gasteiger partial charge in [0, 0.05) is 10.6 Å². The van der Waals surface area contributed by atoms with Gasteiger partial charge in [0.05, 0.1) is 34.9 Å². The van der Waals surface area contributed by atoms with Crippen molar-refractivity contribution < 1.29 is 23.9 Å². The Balaban J connectivity index is 1.96. The number of hydrogen-bond acceptors (Lipinski definition) is 6. The van der Waals surface area contributed by atoms with E-state index < -0.39 is 17.8 Å². The van der Waals surface area contributed by atoms with E-state index in [1.165, 1.54) is 13.2 Å². The quantitative estimate of drug-likeness (QED) is 0.380. The number of nitrogens with one attached hydrogen (secondary N) is 2. The van der Waals surface area contributed by atoms with Crippen LogP contribution in [0, 0.1) is 6.92 Å². The maximum absolute atomic E-state index is 13.0. The van der Waals surface area contributed by atoms with Gasteiger partial charge in [-0.15, -0.1) is 11.3 Å². The minimum Gasteiger partial charge on any atom is -0.497 e. The van der Waals surface area contributed by atoms with E-state index in [4.69, 9.17) is 32.7 Å². The molecule has 33 heavy (non-hydrogen) atoms. The van der Waals surface area contributed by atoms with Gasteiger partial charge < -0.3 is 20.1 Å². The second-order valence-corrected chi connectivity index (χ2v) is 8.61. The van der Waals surface area contributed by atoms with Crippen molar-refractivity contribution in [2.75, 3.05) is 24.4 Å². The molecule has 0 radical (unpaired) electrons. The molecule has 0 atom stereocenters. The Morgan fingerprint density at radius 2 is 1.79 bits per heavy atom. The summed E-state index contributed by atoms with van der Waals surface area (Å²) in [6.45, 7) is 3.42. The summed E-state index contributed by atoms with van der Waals surface area (Å²) in [5, 5.41) is 6.31. The molecule has 2 amide bonds. The third kappa shape index (κ3) is 5.65. The van der Waals surface area contributed by atoms with Crippen LogP contribution >= 0.6 is 34.5 Å². The van der Waals surface area contributed by atoms with Crippen LogP contribution in [0.25, 0.3) is 0 Å². The van der Waals surface area contributed by atoms with Gasteiger partial charge in [-0.3, -0.25) is 9.59 Å². The van der Waals surface area contributed by atoms with Crippen LogP contribution in [0.5, 0.6) is 5.75 Å². The molecule has 2 aromatic carbocycles. The first-order chi connectivity index (χ1) is 15.7. The summed E-state index contributed by atoms with van der Waals surface area (Å²) in [6.07, 6.45) is 0. The van der Waals surface area contributed by atoms with Crippen molar-refractivity contribution in [2.24, 2.45) is 0 Å². The third-order valence-electron chi connectivity index (χ3n) is 4.57. The first-order valence-electron chi connectivity index (χ1n) is 9.77. The number of rotatable bonds is 7. The normalized spacial score (nSPS) is 10.5. The molecule has 3 rings (SSSR count). The maximum Gasteiger partial charge on any atom is 0.341 e. The summed E-state index contributed by atoms with van der Waals surface area (Å²) in [5.74, 6) is -1.11. The zero-order valence-electron chi connectivity index (χ0n) is 18.0. The SMILES string of the molecule is CCOC(=O)c1c(NC(=O)c2cccc(OC)c2)sc(C(=O)Nc2cc(Cl)ccc2Cl)c1C. The molecule has 0 aliphatic rings. The lowest BCUT2D eigenvalue weighted by atomic mass is 10.1. The number of benzene rings is 2. The largest absolute Gasteiger partial charge is 0.497 e. The van der Waals surface area contributed by atoms with Gasteiger partial charge in [-0.2, -0.15) is 0 Å². The van der Waals surface area contributed by atoms with Crippen LogP contribution in [0.3, 0.4) is 0 Å². The Morgan fingerprint density at radius 1 is 1.03 bits per heavy atom. The van der Waals surface area contributed by atoms with Crippen LogP contribution in [0.4, 0.5) is 10.7 Å². The topological polar surface area (TPSA) is 93.7 Å². The minimum atomic E-state index is -0.646. The van der Waals surface area contributed by atoms with Crippen LogP contribution in [0.2, 0.25) is 10.0 Å². The van der Waals surface area contributed by atoms with Crippen molar-refractivity contribution in [3.8, 4) is 5.75 Å². The highest BCUT2D eigenvalue weighted by Gasteiger charge is 2.27. The lowest BCUT2D eigenvalue weighted by molar-refractivity contribution is 0.0527. The van der Waals surface area contributed by atoms with Gasteiger partial charge in [0.15, 0.2) is 0 Å². The second-order valence-electron chi connectivity index (χ2n) is 6.75. The summed E-state index contributed by atoms with van der Waals surface area (Å²) in [5.41, 5.74) is 1.13. The average molecular weight is 507 g/mol. The van der Waals surface area contributed by atoms with E-state index in [0.717, 1.165) is 11.3 Å². The third-order valence-corrected chi connectivity index (χ3v) is 6.34. The molecule has 0 saturated heterocycles. The van der Waals surface area contributed by atoms with E-state index in [2.05, 4.69) is 10.6 Å². The second kappa shape index (κ2) is 10.7. The van der Waals surface area contributed by atoms with Crippen molar-refractivity contribution in [1.82, 2.24) is 0 Å². The van der Waals surface area contributed by atoms with E-state index in [-0.39, 0.29) is 22.0 Å². The zero-order valence-corrected chi connectivity index (χ0v) is 20.3. The Bertz CT molecular complexity index is 1230. The Morgan fingerprint density at radius 3 is 2.48 bits per heavy atom. The smallest absolute Gasteiger partial charge is 0.341 e. The first-order valence-corrected chi connectivity index (χ1v) is 11.3. The molecule has 7 nitrogen and oxygen atoms in total. The molecular formula is C23H20Cl2N2O5S. The molecule has 172 valence electrons. The fourth-order valence-corrected chi connectivity index (χ4v) is 4.40. The summed E-state index contributed by atoms with van der Waals surface area (Å²) < 4.78 is 10.3. The van der Waals surface area contributed by atoms with Crippen LogP contribution in [-0.2, 0) is 4.74 Å². The van der Waals surface area contributed by atoms with Crippen molar-refractivity contribution >= 4 is 63.0 Å². The van der Waals surface area contributed by atoms with Gasteiger partial charge >= 0.3 is 5.97 Å². The molecule has 0 bridgehead atoms. The number of anilines is 2. The predicted molar refractivity (Wildman–Crippen MR) is 130 cm³/mol.